The van der Waals surface area contributed by atoms with Crippen molar-refractivity contribution in [2.24, 2.45) is 11.8 Å². The predicted octanol–water partition coefficient (Wildman–Crippen LogP) is 3.52. The summed E-state index contributed by atoms with van der Waals surface area (Å²) < 4.78 is 31.5. The van der Waals surface area contributed by atoms with Crippen LogP contribution in [0.4, 0.5) is 20.4 Å². The van der Waals surface area contributed by atoms with Gasteiger partial charge in [-0.2, -0.15) is 0 Å². The molecule has 10 heteroatoms. The average Bonchev–Trinajstić information content (AvgIpc) is 3.66. The van der Waals surface area contributed by atoms with Crippen molar-refractivity contribution < 1.29 is 23.1 Å². The molecule has 3 heterocycles. The van der Waals surface area contributed by atoms with Crippen molar-refractivity contribution in [1.29, 1.82) is 0 Å². The molecule has 37 heavy (non-hydrogen) atoms. The van der Waals surface area contributed by atoms with E-state index in [1.807, 2.05) is 24.3 Å². The summed E-state index contributed by atoms with van der Waals surface area (Å²) in [5.41, 5.74) is 1.40. The highest BCUT2D eigenvalue weighted by molar-refractivity contribution is 5.99. The number of aromatic nitrogens is 2. The summed E-state index contributed by atoms with van der Waals surface area (Å²) in [4.78, 5) is 34.0. The Hall–Kier alpha value is -4.26. The molecule has 2 atom stereocenters. The number of pyridine rings is 2. The second kappa shape index (κ2) is 10.0. The van der Waals surface area contributed by atoms with Gasteiger partial charge in [-0.25, -0.2) is 18.7 Å². The second-order valence-corrected chi connectivity index (χ2v) is 9.15. The van der Waals surface area contributed by atoms with Crippen molar-refractivity contribution in [2.75, 3.05) is 30.8 Å². The number of nitrogens with one attached hydrogen (secondary N) is 2. The largest absolute Gasteiger partial charge is 0.487 e. The van der Waals surface area contributed by atoms with Crippen LogP contribution in [0.2, 0.25) is 0 Å². The van der Waals surface area contributed by atoms with Crippen molar-refractivity contribution in [3.63, 3.8) is 0 Å². The molecule has 1 aliphatic carbocycles. The summed E-state index contributed by atoms with van der Waals surface area (Å²) >= 11 is 0. The number of carbonyl (C=O) groups is 2. The number of rotatable bonds is 6. The third-order valence-electron chi connectivity index (χ3n) is 6.55. The second-order valence-electron chi connectivity index (χ2n) is 9.15. The maximum atomic E-state index is 12.8. The number of ether oxygens (including phenoxy) is 1. The van der Waals surface area contributed by atoms with Crippen LogP contribution in [0, 0.1) is 23.7 Å². The summed E-state index contributed by atoms with van der Waals surface area (Å²) in [6, 6.07) is 9.05. The van der Waals surface area contributed by atoms with Crippen LogP contribution >= 0.6 is 0 Å². The third-order valence-corrected chi connectivity index (χ3v) is 6.55. The molecule has 2 aliphatic rings. The van der Waals surface area contributed by atoms with E-state index in [1.165, 1.54) is 0 Å². The number of hydrogen-bond donors (Lipinski definition) is 2. The Morgan fingerprint density at radius 1 is 1.11 bits per heavy atom. The van der Waals surface area contributed by atoms with Gasteiger partial charge in [0.25, 0.3) is 0 Å². The van der Waals surface area contributed by atoms with E-state index in [2.05, 4.69) is 32.4 Å². The van der Waals surface area contributed by atoms with Crippen molar-refractivity contribution in [3.05, 3.63) is 53.9 Å². The minimum atomic E-state index is -2.50. The van der Waals surface area contributed by atoms with Crippen molar-refractivity contribution >= 4 is 34.2 Å². The van der Waals surface area contributed by atoms with Crippen molar-refractivity contribution in [2.45, 2.75) is 25.9 Å². The minimum Gasteiger partial charge on any atom is -0.487 e. The van der Waals surface area contributed by atoms with E-state index in [-0.39, 0.29) is 24.2 Å². The Bertz CT molecular complexity index is 1410. The molecule has 2 amide bonds. The molecule has 0 unspecified atom stereocenters. The van der Waals surface area contributed by atoms with Crippen LogP contribution < -0.4 is 15.4 Å². The molecule has 8 nitrogen and oxygen atoms in total. The average molecular weight is 506 g/mol. The van der Waals surface area contributed by atoms with Gasteiger partial charge in [-0.05, 0) is 36.8 Å². The number of alkyl halides is 2. The molecule has 1 saturated carbocycles. The molecule has 5 rings (SSSR count). The number of benzene rings is 1. The molecule has 1 saturated heterocycles. The number of likely N-dealkylation sites (tertiary alicyclic amines) is 1. The van der Waals surface area contributed by atoms with Crippen LogP contribution in [0.3, 0.4) is 0 Å². The topological polar surface area (TPSA) is 96.5 Å². The van der Waals surface area contributed by atoms with Gasteiger partial charge in [0.1, 0.15) is 23.5 Å². The number of fused-ring (bicyclic) bond motifs is 1. The zero-order valence-corrected chi connectivity index (χ0v) is 20.3. The summed E-state index contributed by atoms with van der Waals surface area (Å²) in [5, 5.41) is 7.10. The zero-order chi connectivity index (χ0) is 26.1. The maximum absolute atomic E-state index is 12.8. The molecular weight excluding hydrogens is 480 g/mol. The molecule has 0 spiro atoms. The van der Waals surface area contributed by atoms with Gasteiger partial charge >= 0.3 is 0 Å². The van der Waals surface area contributed by atoms with Crippen molar-refractivity contribution in [1.82, 2.24) is 14.9 Å². The maximum Gasteiger partial charge on any atom is 0.242 e. The molecular formula is C27H25F2N5O3. The number of anilines is 2. The molecule has 3 aromatic rings. The van der Waals surface area contributed by atoms with E-state index >= 15 is 0 Å². The van der Waals surface area contributed by atoms with E-state index in [0.717, 1.165) is 10.9 Å². The predicted molar refractivity (Wildman–Crippen MR) is 134 cm³/mol. The molecule has 2 aromatic heterocycles. The third kappa shape index (κ3) is 5.31. The Morgan fingerprint density at radius 2 is 1.86 bits per heavy atom. The number of nitrogens with zero attached hydrogens (tertiary/aromatic N) is 3. The minimum absolute atomic E-state index is 0.00608. The van der Waals surface area contributed by atoms with Crippen LogP contribution in [0.15, 0.2) is 42.7 Å². The molecule has 0 bridgehead atoms. The molecule has 190 valence electrons. The van der Waals surface area contributed by atoms with E-state index in [0.29, 0.717) is 35.6 Å². The summed E-state index contributed by atoms with van der Waals surface area (Å²) in [6.45, 7) is 2.72. The van der Waals surface area contributed by atoms with E-state index < -0.39 is 24.2 Å². The number of halogens is 2. The summed E-state index contributed by atoms with van der Waals surface area (Å²) in [7, 11) is 1.74. The fraction of sp³-hybridized carbons (Fsp3) is 0.333. The highest BCUT2D eigenvalue weighted by Crippen LogP contribution is 2.43. The number of carbonyl (C=O) groups excluding carboxylic acids is 2. The van der Waals surface area contributed by atoms with E-state index in [4.69, 9.17) is 4.74 Å². The normalized spacial score (nSPS) is 18.6. The van der Waals surface area contributed by atoms with Gasteiger partial charge in [-0.1, -0.05) is 11.8 Å². The Balaban J connectivity index is 1.32. The van der Waals surface area contributed by atoms with Crippen LogP contribution in [0.25, 0.3) is 10.8 Å². The lowest BCUT2D eigenvalue weighted by Crippen LogP contribution is -2.55. The van der Waals surface area contributed by atoms with Crippen LogP contribution in [-0.4, -0.2) is 59.3 Å². The van der Waals surface area contributed by atoms with E-state index in [9.17, 15) is 18.4 Å². The van der Waals surface area contributed by atoms with Gasteiger partial charge in [0.05, 0.1) is 18.7 Å². The quantitative estimate of drug-likeness (QED) is 0.498. The fourth-order valence-corrected chi connectivity index (χ4v) is 4.23. The number of hydrogen-bond acceptors (Lipinski definition) is 6. The molecule has 2 N–H and O–H groups in total. The van der Waals surface area contributed by atoms with Gasteiger partial charge < -0.3 is 20.3 Å². The SMILES string of the molecule is CNc1ncc(C#Cc2ccc(OC3CN(C(C)=O)C3)cc2)c2cc(NC(=O)[C@@H]3C[C@@H]3C(F)F)ncc12. The standard InChI is InChI=1S/C27H25F2N5O3/c1-15(35)34-13-19(14-34)37-18-7-4-16(5-8-18)3-6-17-11-32-26(30-2)23-12-31-24(10-20(17)23)33-27(36)22-9-21(22)25(28)29/h4-5,7-8,10-12,19,21-22,25H,9,13-14H2,1-2H3,(H,30,32)(H,31,33,36)/t21-,22+/m0/s1. The lowest BCUT2D eigenvalue weighted by molar-refractivity contribution is -0.137. The molecule has 1 aromatic carbocycles. The zero-order valence-electron chi connectivity index (χ0n) is 20.3. The fourth-order valence-electron chi connectivity index (χ4n) is 4.23. The lowest BCUT2D eigenvalue weighted by Gasteiger charge is -2.38. The first-order valence-electron chi connectivity index (χ1n) is 11.9. The highest BCUT2D eigenvalue weighted by atomic mass is 19.3. The van der Waals surface area contributed by atoms with Gasteiger partial charge in [-0.15, -0.1) is 0 Å². The first-order valence-corrected chi connectivity index (χ1v) is 11.9. The number of amides is 2. The summed E-state index contributed by atoms with van der Waals surface area (Å²) in [6.07, 6.45) is 0.890. The van der Waals surface area contributed by atoms with Gasteiger partial charge in [0.2, 0.25) is 18.2 Å². The smallest absolute Gasteiger partial charge is 0.242 e. The Morgan fingerprint density at radius 3 is 2.51 bits per heavy atom. The van der Waals surface area contributed by atoms with Crippen molar-refractivity contribution in [3.8, 4) is 17.6 Å². The first-order chi connectivity index (χ1) is 17.8. The lowest BCUT2D eigenvalue weighted by atomic mass is 10.1. The van der Waals surface area contributed by atoms with Gasteiger partial charge in [0, 0.05) is 54.5 Å². The van der Waals surface area contributed by atoms with Gasteiger partial charge in [-0.3, -0.25) is 9.59 Å². The monoisotopic (exact) mass is 505 g/mol. The summed E-state index contributed by atoms with van der Waals surface area (Å²) in [5.74, 6) is 5.85. The molecule has 1 aliphatic heterocycles. The highest BCUT2D eigenvalue weighted by Gasteiger charge is 2.48. The van der Waals surface area contributed by atoms with Crippen LogP contribution in [0.1, 0.15) is 24.5 Å². The Labute approximate surface area is 212 Å². The van der Waals surface area contributed by atoms with E-state index in [1.54, 1.807) is 37.3 Å². The van der Waals surface area contributed by atoms with Crippen LogP contribution in [-0.2, 0) is 9.59 Å². The molecule has 2 fully saturated rings. The Kier molecular flexibility index (Phi) is 6.61. The van der Waals surface area contributed by atoms with Gasteiger partial charge in [0.15, 0.2) is 0 Å². The van der Waals surface area contributed by atoms with Crippen LogP contribution in [0.5, 0.6) is 5.75 Å². The first kappa shape index (κ1) is 24.4. The molecule has 0 radical (unpaired) electrons.